The molecule has 0 aromatic rings. The van der Waals surface area contributed by atoms with E-state index in [0.29, 0.717) is 38.4 Å². The number of rotatable bonds is 9. The normalized spacial score (nSPS) is 23.0. The first kappa shape index (κ1) is 20.0. The van der Waals surface area contributed by atoms with Gasteiger partial charge in [-0.15, -0.1) is 0 Å². The summed E-state index contributed by atoms with van der Waals surface area (Å²) in [5, 5.41) is 15.7. The van der Waals surface area contributed by atoms with Crippen LogP contribution in [0.3, 0.4) is 0 Å². The van der Waals surface area contributed by atoms with E-state index in [0.717, 1.165) is 25.0 Å². The van der Waals surface area contributed by atoms with E-state index in [4.69, 9.17) is 0 Å². The van der Waals surface area contributed by atoms with Crippen molar-refractivity contribution in [2.75, 3.05) is 37.7 Å². The summed E-state index contributed by atoms with van der Waals surface area (Å²) in [7, 11) is 0. The van der Waals surface area contributed by atoms with Crippen molar-refractivity contribution in [1.29, 1.82) is 0 Å². The molecule has 0 aromatic heterocycles. The van der Waals surface area contributed by atoms with Crippen LogP contribution in [0.5, 0.6) is 0 Å². The minimum Gasteiger partial charge on any atom is -0.379 e. The second kappa shape index (κ2) is 9.43. The number of carbonyl (C=O) groups excluding carboxylic acids is 3. The van der Waals surface area contributed by atoms with Gasteiger partial charge in [0.2, 0.25) is 11.8 Å². The van der Waals surface area contributed by atoms with Crippen LogP contribution < -0.4 is 10.6 Å². The molecule has 142 valence electrons. The number of carbonyl (C=O) groups is 3. The molecule has 0 radical (unpaired) electrons. The first-order valence-electron chi connectivity index (χ1n) is 9.10. The summed E-state index contributed by atoms with van der Waals surface area (Å²) in [5.74, 6) is 1.00. The van der Waals surface area contributed by atoms with Gasteiger partial charge in [-0.1, -0.05) is 6.42 Å². The van der Waals surface area contributed by atoms with Gasteiger partial charge in [-0.3, -0.25) is 14.4 Å². The average molecular weight is 372 g/mol. The van der Waals surface area contributed by atoms with Crippen LogP contribution in [0.25, 0.3) is 0 Å². The molecule has 1 aliphatic heterocycles. The van der Waals surface area contributed by atoms with Crippen LogP contribution in [0.2, 0.25) is 0 Å². The monoisotopic (exact) mass is 371 g/mol. The molecule has 2 fully saturated rings. The maximum absolute atomic E-state index is 12.2. The summed E-state index contributed by atoms with van der Waals surface area (Å²) in [5.41, 5.74) is -1.27. The Morgan fingerprint density at radius 3 is 2.56 bits per heavy atom. The molecule has 0 bridgehead atoms. The highest BCUT2D eigenvalue weighted by Crippen LogP contribution is 2.27. The fourth-order valence-electron chi connectivity index (χ4n) is 2.93. The molecule has 1 heterocycles. The van der Waals surface area contributed by atoms with Gasteiger partial charge in [-0.05, 0) is 31.9 Å². The quantitative estimate of drug-likeness (QED) is 0.535. The molecule has 7 nitrogen and oxygen atoms in total. The topological polar surface area (TPSA) is 98.7 Å². The lowest BCUT2D eigenvalue weighted by Crippen LogP contribution is -2.49. The van der Waals surface area contributed by atoms with Gasteiger partial charge in [0.1, 0.15) is 0 Å². The Kier molecular flexibility index (Phi) is 7.56. The van der Waals surface area contributed by atoms with Crippen molar-refractivity contribution in [3.05, 3.63) is 0 Å². The molecule has 2 aliphatic rings. The maximum Gasteiger partial charge on any atom is 0.252 e. The largest absolute Gasteiger partial charge is 0.379 e. The van der Waals surface area contributed by atoms with E-state index in [1.54, 1.807) is 16.7 Å². The lowest BCUT2D eigenvalue weighted by Gasteiger charge is -2.25. The van der Waals surface area contributed by atoms with Crippen LogP contribution in [-0.4, -0.2) is 71.0 Å². The third-order valence-electron chi connectivity index (χ3n) is 4.94. The molecule has 2 rings (SSSR count). The minimum atomic E-state index is -1.27. The number of amides is 3. The van der Waals surface area contributed by atoms with Crippen molar-refractivity contribution in [2.45, 2.75) is 44.6 Å². The van der Waals surface area contributed by atoms with E-state index in [-0.39, 0.29) is 30.1 Å². The molecular weight excluding hydrogens is 342 g/mol. The van der Waals surface area contributed by atoms with Gasteiger partial charge >= 0.3 is 0 Å². The third kappa shape index (κ3) is 5.60. The molecule has 1 atom stereocenters. The van der Waals surface area contributed by atoms with Gasteiger partial charge < -0.3 is 20.6 Å². The zero-order valence-corrected chi connectivity index (χ0v) is 15.7. The van der Waals surface area contributed by atoms with E-state index in [9.17, 15) is 19.5 Å². The molecule has 3 N–H and O–H groups in total. The highest BCUT2D eigenvalue weighted by atomic mass is 32.2. The number of likely N-dealkylation sites (N-methyl/N-ethyl adjacent to an activating group) is 1. The standard InChI is InChI=1S/C17H29N3O4S/c1-2-20(10-9-19-16(23)17(24)7-11-25-12-17)14(21)6-8-18-15(22)13-4-3-5-13/h13,24H,2-12H2,1H3,(H,18,22)(H,19,23). The average Bonchev–Trinajstić information content (AvgIpc) is 2.97. The number of nitrogens with zero attached hydrogens (tertiary/aromatic N) is 1. The fourth-order valence-corrected chi connectivity index (χ4v) is 4.17. The number of hydrogen-bond donors (Lipinski definition) is 3. The second-order valence-corrected chi connectivity index (χ2v) is 7.84. The van der Waals surface area contributed by atoms with Crippen LogP contribution in [0.4, 0.5) is 0 Å². The van der Waals surface area contributed by atoms with Crippen molar-refractivity contribution in [1.82, 2.24) is 15.5 Å². The summed E-state index contributed by atoms with van der Waals surface area (Å²) in [4.78, 5) is 37.6. The van der Waals surface area contributed by atoms with Crippen molar-refractivity contribution in [2.24, 2.45) is 5.92 Å². The Labute approximate surface area is 153 Å². The van der Waals surface area contributed by atoms with Crippen LogP contribution >= 0.6 is 11.8 Å². The van der Waals surface area contributed by atoms with Crippen LogP contribution in [0.15, 0.2) is 0 Å². The van der Waals surface area contributed by atoms with Crippen LogP contribution in [0, 0.1) is 5.92 Å². The summed E-state index contributed by atoms with van der Waals surface area (Å²) in [6, 6.07) is 0. The van der Waals surface area contributed by atoms with Gasteiger partial charge in [0.25, 0.3) is 5.91 Å². The Bertz CT molecular complexity index is 490. The smallest absolute Gasteiger partial charge is 0.252 e. The van der Waals surface area contributed by atoms with Crippen molar-refractivity contribution >= 4 is 29.5 Å². The minimum absolute atomic E-state index is 0.0409. The van der Waals surface area contributed by atoms with Crippen LogP contribution in [-0.2, 0) is 14.4 Å². The molecule has 8 heteroatoms. The third-order valence-corrected chi connectivity index (χ3v) is 6.11. The summed E-state index contributed by atoms with van der Waals surface area (Å²) in [6.07, 6.45) is 3.75. The first-order chi connectivity index (χ1) is 12.0. The molecule has 1 aliphatic carbocycles. The Balaban J connectivity index is 1.63. The number of hydrogen-bond acceptors (Lipinski definition) is 5. The highest BCUT2D eigenvalue weighted by molar-refractivity contribution is 7.99. The van der Waals surface area contributed by atoms with Crippen molar-refractivity contribution < 1.29 is 19.5 Å². The summed E-state index contributed by atoms with van der Waals surface area (Å²) in [6.45, 7) is 3.51. The van der Waals surface area contributed by atoms with Crippen LogP contribution in [0.1, 0.15) is 39.0 Å². The molecule has 1 saturated heterocycles. The van der Waals surface area contributed by atoms with E-state index in [2.05, 4.69) is 10.6 Å². The Morgan fingerprint density at radius 1 is 1.24 bits per heavy atom. The molecule has 25 heavy (non-hydrogen) atoms. The predicted octanol–water partition coefficient (Wildman–Crippen LogP) is 0.126. The molecule has 0 spiro atoms. The highest BCUT2D eigenvalue weighted by Gasteiger charge is 2.39. The number of nitrogens with one attached hydrogen (secondary N) is 2. The van der Waals surface area contributed by atoms with Crippen molar-refractivity contribution in [3.63, 3.8) is 0 Å². The number of thioether (sulfide) groups is 1. The zero-order valence-electron chi connectivity index (χ0n) is 14.9. The van der Waals surface area contributed by atoms with Gasteiger partial charge in [0.05, 0.1) is 0 Å². The van der Waals surface area contributed by atoms with E-state index in [1.807, 2.05) is 6.92 Å². The number of aliphatic hydroxyl groups is 1. The first-order valence-corrected chi connectivity index (χ1v) is 10.3. The lowest BCUT2D eigenvalue weighted by molar-refractivity contribution is -0.138. The fraction of sp³-hybridized carbons (Fsp3) is 0.824. The van der Waals surface area contributed by atoms with Crippen molar-refractivity contribution in [3.8, 4) is 0 Å². The van der Waals surface area contributed by atoms with Gasteiger partial charge in [0.15, 0.2) is 5.60 Å². The molecular formula is C17H29N3O4S. The Morgan fingerprint density at radius 2 is 2.00 bits per heavy atom. The lowest BCUT2D eigenvalue weighted by atomic mass is 9.85. The van der Waals surface area contributed by atoms with E-state index in [1.165, 1.54) is 0 Å². The van der Waals surface area contributed by atoms with E-state index < -0.39 is 5.60 Å². The molecule has 1 unspecified atom stereocenters. The zero-order chi connectivity index (χ0) is 18.3. The van der Waals surface area contributed by atoms with Gasteiger partial charge in [-0.25, -0.2) is 0 Å². The van der Waals surface area contributed by atoms with E-state index >= 15 is 0 Å². The summed E-state index contributed by atoms with van der Waals surface area (Å²) >= 11 is 1.57. The van der Waals surface area contributed by atoms with Gasteiger partial charge in [0, 0.05) is 44.3 Å². The Hall–Kier alpha value is -1.28. The molecule has 3 amide bonds. The van der Waals surface area contributed by atoms with Gasteiger partial charge in [-0.2, -0.15) is 11.8 Å². The SMILES string of the molecule is CCN(CCNC(=O)C1(O)CCSC1)C(=O)CCNC(=O)C1CCC1. The predicted molar refractivity (Wildman–Crippen MR) is 97.1 cm³/mol. The molecule has 0 aromatic carbocycles. The summed E-state index contributed by atoms with van der Waals surface area (Å²) < 4.78 is 0. The molecule has 1 saturated carbocycles. The maximum atomic E-state index is 12.2. The second-order valence-electron chi connectivity index (χ2n) is 6.73.